The van der Waals surface area contributed by atoms with Crippen molar-refractivity contribution >= 4 is 5.97 Å². The van der Waals surface area contributed by atoms with Gasteiger partial charge in [-0.3, -0.25) is 4.79 Å². The molecule has 0 fully saturated rings. The molecule has 0 aliphatic carbocycles. The van der Waals surface area contributed by atoms with Crippen LogP contribution in [0.5, 0.6) is 17.2 Å². The van der Waals surface area contributed by atoms with Gasteiger partial charge in [0.2, 0.25) is 5.75 Å². The standard InChI is InChI=1S/C14H20O5/c1-6-19-14(17)9(4)10-7(2)8(3)11(15)12(16)13(10)18-5/h9,15-16H,6H2,1-5H3. The third-order valence-electron chi connectivity index (χ3n) is 3.28. The smallest absolute Gasteiger partial charge is 0.313 e. The lowest BCUT2D eigenvalue weighted by Gasteiger charge is -2.20. The average molecular weight is 268 g/mol. The number of phenols is 2. The minimum Gasteiger partial charge on any atom is -0.504 e. The first-order valence-electron chi connectivity index (χ1n) is 6.12. The number of carbonyl (C=O) groups is 1. The third-order valence-corrected chi connectivity index (χ3v) is 3.28. The predicted molar refractivity (Wildman–Crippen MR) is 70.8 cm³/mol. The molecule has 1 atom stereocenters. The molecule has 0 heterocycles. The molecule has 0 saturated carbocycles. The van der Waals surface area contributed by atoms with Crippen molar-refractivity contribution in [3.8, 4) is 17.2 Å². The summed E-state index contributed by atoms with van der Waals surface area (Å²) < 4.78 is 10.1. The first-order chi connectivity index (χ1) is 8.86. The number of hydrogen-bond donors (Lipinski definition) is 2. The fourth-order valence-electron chi connectivity index (χ4n) is 2.08. The highest BCUT2D eigenvalue weighted by Gasteiger charge is 2.28. The Morgan fingerprint density at radius 3 is 2.26 bits per heavy atom. The molecule has 2 N–H and O–H groups in total. The average Bonchev–Trinajstić information content (AvgIpc) is 2.39. The summed E-state index contributed by atoms with van der Waals surface area (Å²) in [5.41, 5.74) is 1.76. The van der Waals surface area contributed by atoms with Crippen molar-refractivity contribution in [2.24, 2.45) is 0 Å². The van der Waals surface area contributed by atoms with E-state index in [1.54, 1.807) is 27.7 Å². The Morgan fingerprint density at radius 2 is 1.79 bits per heavy atom. The number of esters is 1. The lowest BCUT2D eigenvalue weighted by atomic mass is 9.91. The minimum absolute atomic E-state index is 0.112. The molecule has 5 nitrogen and oxygen atoms in total. The van der Waals surface area contributed by atoms with Crippen LogP contribution in [0.1, 0.15) is 36.5 Å². The van der Waals surface area contributed by atoms with E-state index < -0.39 is 11.9 Å². The van der Waals surface area contributed by atoms with Crippen LogP contribution in [0, 0.1) is 13.8 Å². The fourth-order valence-corrected chi connectivity index (χ4v) is 2.08. The molecular weight excluding hydrogens is 248 g/mol. The minimum atomic E-state index is -0.583. The highest BCUT2D eigenvalue weighted by molar-refractivity contribution is 5.81. The summed E-state index contributed by atoms with van der Waals surface area (Å²) >= 11 is 0. The lowest BCUT2D eigenvalue weighted by molar-refractivity contribution is -0.144. The molecule has 0 amide bonds. The Labute approximate surface area is 112 Å². The van der Waals surface area contributed by atoms with Crippen LogP contribution in [-0.2, 0) is 9.53 Å². The van der Waals surface area contributed by atoms with E-state index >= 15 is 0 Å². The molecule has 0 aliphatic rings. The summed E-state index contributed by atoms with van der Waals surface area (Å²) in [4.78, 5) is 11.8. The van der Waals surface area contributed by atoms with E-state index in [9.17, 15) is 15.0 Å². The van der Waals surface area contributed by atoms with E-state index in [-0.39, 0.29) is 23.9 Å². The van der Waals surface area contributed by atoms with Gasteiger partial charge in [-0.25, -0.2) is 0 Å². The zero-order valence-corrected chi connectivity index (χ0v) is 11.9. The number of hydrogen-bond acceptors (Lipinski definition) is 5. The van der Waals surface area contributed by atoms with Crippen molar-refractivity contribution in [2.75, 3.05) is 13.7 Å². The summed E-state index contributed by atoms with van der Waals surface area (Å²) in [5.74, 6) is -1.44. The zero-order valence-electron chi connectivity index (χ0n) is 11.9. The summed E-state index contributed by atoms with van der Waals surface area (Å²) in [7, 11) is 1.38. The molecule has 1 unspecified atom stereocenters. The Balaban J connectivity index is 3.45. The molecule has 0 saturated heterocycles. The molecule has 1 aromatic carbocycles. The van der Waals surface area contributed by atoms with Crippen molar-refractivity contribution in [3.05, 3.63) is 16.7 Å². The van der Waals surface area contributed by atoms with Gasteiger partial charge in [0.1, 0.15) is 0 Å². The van der Waals surface area contributed by atoms with Gasteiger partial charge in [-0.15, -0.1) is 0 Å². The maximum atomic E-state index is 11.8. The lowest BCUT2D eigenvalue weighted by Crippen LogP contribution is -2.15. The second-order valence-corrected chi connectivity index (χ2v) is 4.37. The van der Waals surface area contributed by atoms with Crippen LogP contribution < -0.4 is 4.74 Å². The van der Waals surface area contributed by atoms with Crippen LogP contribution in [0.15, 0.2) is 0 Å². The molecule has 1 aromatic rings. The van der Waals surface area contributed by atoms with Crippen molar-refractivity contribution in [1.82, 2.24) is 0 Å². The van der Waals surface area contributed by atoms with E-state index in [1.807, 2.05) is 0 Å². The normalized spacial score (nSPS) is 12.1. The number of phenolic OH excluding ortho intramolecular Hbond substituents is 2. The van der Waals surface area contributed by atoms with Crippen LogP contribution in [0.4, 0.5) is 0 Å². The molecule has 0 radical (unpaired) electrons. The molecule has 0 aromatic heterocycles. The third kappa shape index (κ3) is 2.59. The van der Waals surface area contributed by atoms with E-state index in [0.717, 1.165) is 0 Å². The van der Waals surface area contributed by atoms with E-state index in [2.05, 4.69) is 0 Å². The van der Waals surface area contributed by atoms with Gasteiger partial charge in [0.25, 0.3) is 0 Å². The van der Waals surface area contributed by atoms with Gasteiger partial charge in [-0.1, -0.05) is 0 Å². The fraction of sp³-hybridized carbons (Fsp3) is 0.500. The first-order valence-corrected chi connectivity index (χ1v) is 6.12. The van der Waals surface area contributed by atoms with E-state index in [0.29, 0.717) is 16.7 Å². The molecule has 0 aliphatic heterocycles. The Hall–Kier alpha value is -1.91. The summed E-state index contributed by atoms with van der Waals surface area (Å²) in [6.45, 7) is 7.13. The molecular formula is C14H20O5. The number of benzene rings is 1. The van der Waals surface area contributed by atoms with Crippen LogP contribution >= 0.6 is 0 Å². The van der Waals surface area contributed by atoms with Gasteiger partial charge in [-0.05, 0) is 38.8 Å². The summed E-state index contributed by atoms with van der Waals surface area (Å²) in [6.07, 6.45) is 0. The van der Waals surface area contributed by atoms with Gasteiger partial charge in [0, 0.05) is 5.56 Å². The highest BCUT2D eigenvalue weighted by Crippen LogP contribution is 2.46. The Bertz CT molecular complexity index is 493. The van der Waals surface area contributed by atoms with Gasteiger partial charge in [-0.2, -0.15) is 0 Å². The molecule has 19 heavy (non-hydrogen) atoms. The van der Waals surface area contributed by atoms with Gasteiger partial charge in [0.05, 0.1) is 19.6 Å². The molecule has 1 rings (SSSR count). The number of methoxy groups -OCH3 is 1. The predicted octanol–water partition coefficient (Wildman–Crippen LogP) is 2.39. The summed E-state index contributed by atoms with van der Waals surface area (Å²) in [5, 5.41) is 19.7. The van der Waals surface area contributed by atoms with E-state index in [4.69, 9.17) is 9.47 Å². The highest BCUT2D eigenvalue weighted by atomic mass is 16.5. The second-order valence-electron chi connectivity index (χ2n) is 4.37. The monoisotopic (exact) mass is 268 g/mol. The van der Waals surface area contributed by atoms with Crippen LogP contribution in [0.25, 0.3) is 0 Å². The maximum Gasteiger partial charge on any atom is 0.313 e. The summed E-state index contributed by atoms with van der Waals surface area (Å²) in [6, 6.07) is 0. The Morgan fingerprint density at radius 1 is 1.21 bits per heavy atom. The number of carbonyl (C=O) groups excluding carboxylic acids is 1. The van der Waals surface area contributed by atoms with Crippen LogP contribution in [0.2, 0.25) is 0 Å². The number of rotatable bonds is 4. The van der Waals surface area contributed by atoms with Crippen LogP contribution in [0.3, 0.4) is 0 Å². The molecule has 5 heteroatoms. The largest absolute Gasteiger partial charge is 0.504 e. The van der Waals surface area contributed by atoms with Gasteiger partial charge < -0.3 is 19.7 Å². The van der Waals surface area contributed by atoms with E-state index in [1.165, 1.54) is 7.11 Å². The molecule has 0 spiro atoms. The number of ether oxygens (including phenoxy) is 2. The SMILES string of the molecule is CCOC(=O)C(C)c1c(C)c(C)c(O)c(O)c1OC. The van der Waals surface area contributed by atoms with Gasteiger partial charge in [0.15, 0.2) is 11.5 Å². The maximum absolute atomic E-state index is 11.8. The molecule has 106 valence electrons. The van der Waals surface area contributed by atoms with Crippen LogP contribution in [-0.4, -0.2) is 29.9 Å². The molecule has 0 bridgehead atoms. The topological polar surface area (TPSA) is 76.0 Å². The zero-order chi connectivity index (χ0) is 14.7. The van der Waals surface area contributed by atoms with Crippen molar-refractivity contribution < 1.29 is 24.5 Å². The van der Waals surface area contributed by atoms with Crippen molar-refractivity contribution in [3.63, 3.8) is 0 Å². The number of aromatic hydroxyl groups is 2. The first kappa shape index (κ1) is 15.1. The quantitative estimate of drug-likeness (QED) is 0.647. The van der Waals surface area contributed by atoms with Crippen molar-refractivity contribution in [2.45, 2.75) is 33.6 Å². The van der Waals surface area contributed by atoms with Gasteiger partial charge >= 0.3 is 5.97 Å². The Kier molecular flexibility index (Phi) is 4.64. The van der Waals surface area contributed by atoms with Crippen molar-refractivity contribution in [1.29, 1.82) is 0 Å². The second kappa shape index (κ2) is 5.82.